The number of aliphatic carboxylic acids is 1. The monoisotopic (exact) mass is 259 g/mol. The first-order valence-electron chi connectivity index (χ1n) is 4.91. The molecule has 1 aromatic rings. The van der Waals surface area contributed by atoms with Crippen LogP contribution in [0.4, 0.5) is 0 Å². The summed E-state index contributed by atoms with van der Waals surface area (Å²) in [5.74, 6) is -1.01. The molecular weight excluding hydrogens is 246 g/mol. The molecule has 6 heteroatoms. The molecule has 1 aromatic carbocycles. The summed E-state index contributed by atoms with van der Waals surface area (Å²) >= 11 is 6.04. The third-order valence-corrected chi connectivity index (χ3v) is 2.79. The van der Waals surface area contributed by atoms with E-state index in [9.17, 15) is 9.90 Å². The molecule has 0 spiro atoms. The smallest absolute Gasteiger partial charge is 0.305 e. The Morgan fingerprint density at radius 2 is 2.24 bits per heavy atom. The minimum absolute atomic E-state index is 0.0960. The zero-order chi connectivity index (χ0) is 13.2. The van der Waals surface area contributed by atoms with Crippen molar-refractivity contribution in [3.05, 3.63) is 22.2 Å². The van der Waals surface area contributed by atoms with Crippen molar-refractivity contribution in [1.29, 1.82) is 0 Å². The fourth-order valence-corrected chi connectivity index (χ4v) is 2.16. The number of nitrogens with two attached hydrogens (primary N) is 1. The van der Waals surface area contributed by atoms with Gasteiger partial charge in [0.15, 0.2) is 11.5 Å². The molecule has 0 bridgehead atoms. The number of carboxylic acids is 1. The van der Waals surface area contributed by atoms with Gasteiger partial charge >= 0.3 is 5.97 Å². The first-order valence-corrected chi connectivity index (χ1v) is 5.29. The number of halogens is 1. The number of carbonyl (C=O) groups is 1. The van der Waals surface area contributed by atoms with Crippen LogP contribution < -0.4 is 10.5 Å². The van der Waals surface area contributed by atoms with Crippen LogP contribution in [-0.4, -0.2) is 23.3 Å². The first kappa shape index (κ1) is 13.6. The van der Waals surface area contributed by atoms with Crippen LogP contribution in [0.3, 0.4) is 0 Å². The van der Waals surface area contributed by atoms with E-state index in [1.807, 2.05) is 0 Å². The molecule has 0 heterocycles. The Kier molecular flexibility index (Phi) is 4.20. The second kappa shape index (κ2) is 5.25. The van der Waals surface area contributed by atoms with Gasteiger partial charge in [0.05, 0.1) is 18.6 Å². The molecular formula is C11H14ClNO4. The summed E-state index contributed by atoms with van der Waals surface area (Å²) in [6.45, 7) is 1.70. The lowest BCUT2D eigenvalue weighted by Crippen LogP contribution is -2.17. The Morgan fingerprint density at radius 1 is 1.65 bits per heavy atom. The Hall–Kier alpha value is -1.46. The Bertz CT molecular complexity index is 448. The molecule has 0 aliphatic carbocycles. The van der Waals surface area contributed by atoms with E-state index in [0.29, 0.717) is 11.1 Å². The Balaban J connectivity index is 3.28. The average Bonchev–Trinajstić information content (AvgIpc) is 2.15. The molecule has 5 nitrogen and oxygen atoms in total. The summed E-state index contributed by atoms with van der Waals surface area (Å²) < 4.78 is 4.94. The number of methoxy groups -OCH3 is 1. The summed E-state index contributed by atoms with van der Waals surface area (Å²) in [6, 6.07) is 0.705. The second-order valence-electron chi connectivity index (χ2n) is 3.68. The van der Waals surface area contributed by atoms with Crippen molar-refractivity contribution in [2.75, 3.05) is 7.11 Å². The van der Waals surface area contributed by atoms with Crippen molar-refractivity contribution in [2.24, 2.45) is 5.73 Å². The summed E-state index contributed by atoms with van der Waals surface area (Å²) in [7, 11) is 1.36. The number of carboxylic acid groups (broad SMARTS) is 1. The number of aromatic hydroxyl groups is 1. The van der Waals surface area contributed by atoms with Crippen LogP contribution in [0.1, 0.15) is 23.6 Å². The van der Waals surface area contributed by atoms with Crippen LogP contribution in [0.2, 0.25) is 5.02 Å². The normalized spacial score (nSPS) is 12.2. The van der Waals surface area contributed by atoms with Gasteiger partial charge in [-0.3, -0.25) is 4.79 Å². The molecule has 0 saturated carbocycles. The predicted molar refractivity (Wildman–Crippen MR) is 63.6 cm³/mol. The number of ether oxygens (including phenoxy) is 1. The van der Waals surface area contributed by atoms with Gasteiger partial charge in [0.2, 0.25) is 0 Å². The van der Waals surface area contributed by atoms with Gasteiger partial charge in [0.25, 0.3) is 0 Å². The summed E-state index contributed by atoms with van der Waals surface area (Å²) in [5.41, 5.74) is 6.87. The highest BCUT2D eigenvalue weighted by Crippen LogP contribution is 2.41. The maximum Gasteiger partial charge on any atom is 0.305 e. The van der Waals surface area contributed by atoms with E-state index in [-0.39, 0.29) is 22.9 Å². The minimum Gasteiger partial charge on any atom is -0.504 e. The lowest BCUT2D eigenvalue weighted by molar-refractivity contribution is -0.137. The highest BCUT2D eigenvalue weighted by atomic mass is 35.5. The maximum absolute atomic E-state index is 10.6. The van der Waals surface area contributed by atoms with E-state index < -0.39 is 12.0 Å². The standard InChI is InChI=1S/C11H14ClNO4/c1-5-3-7(14)11(17-2)10(12)9(5)6(13)4-8(15)16/h3,6,14H,4,13H2,1-2H3,(H,15,16). The molecule has 0 saturated heterocycles. The van der Waals surface area contributed by atoms with Crippen LogP contribution >= 0.6 is 11.6 Å². The second-order valence-corrected chi connectivity index (χ2v) is 4.06. The molecule has 1 unspecified atom stereocenters. The number of phenols is 1. The van der Waals surface area contributed by atoms with Gasteiger partial charge in [-0.15, -0.1) is 0 Å². The van der Waals surface area contributed by atoms with E-state index in [4.69, 9.17) is 27.2 Å². The molecule has 1 atom stereocenters. The molecule has 0 aromatic heterocycles. The van der Waals surface area contributed by atoms with Crippen molar-refractivity contribution in [3.63, 3.8) is 0 Å². The third kappa shape index (κ3) is 2.81. The van der Waals surface area contributed by atoms with Crippen LogP contribution in [0.25, 0.3) is 0 Å². The number of hydrogen-bond donors (Lipinski definition) is 3. The van der Waals surface area contributed by atoms with Crippen molar-refractivity contribution < 1.29 is 19.7 Å². The highest BCUT2D eigenvalue weighted by molar-refractivity contribution is 6.33. The van der Waals surface area contributed by atoms with Crippen molar-refractivity contribution in [3.8, 4) is 11.5 Å². The van der Waals surface area contributed by atoms with Gasteiger partial charge in [-0.05, 0) is 24.1 Å². The van der Waals surface area contributed by atoms with Crippen molar-refractivity contribution >= 4 is 17.6 Å². The molecule has 0 radical (unpaired) electrons. The lowest BCUT2D eigenvalue weighted by atomic mass is 9.98. The maximum atomic E-state index is 10.6. The van der Waals surface area contributed by atoms with Crippen LogP contribution in [0.15, 0.2) is 6.07 Å². The molecule has 0 aliphatic rings. The quantitative estimate of drug-likeness (QED) is 0.767. The molecule has 4 N–H and O–H groups in total. The molecule has 0 amide bonds. The SMILES string of the molecule is COc1c(O)cc(C)c(C(N)CC(=O)O)c1Cl. The number of phenolic OH excluding ortho intramolecular Hbond substituents is 1. The summed E-state index contributed by atoms with van der Waals surface area (Å²) in [4.78, 5) is 10.6. The predicted octanol–water partition coefficient (Wildman–Crippen LogP) is 1.84. The summed E-state index contributed by atoms with van der Waals surface area (Å²) in [6.07, 6.45) is -0.242. The molecule has 0 fully saturated rings. The number of rotatable bonds is 4. The van der Waals surface area contributed by atoms with Gasteiger partial charge in [-0.1, -0.05) is 11.6 Å². The molecule has 1 rings (SSSR count). The van der Waals surface area contributed by atoms with Gasteiger partial charge in [-0.25, -0.2) is 0 Å². The molecule has 17 heavy (non-hydrogen) atoms. The highest BCUT2D eigenvalue weighted by Gasteiger charge is 2.21. The first-order chi connectivity index (χ1) is 7.88. The lowest BCUT2D eigenvalue weighted by Gasteiger charge is -2.17. The van der Waals surface area contributed by atoms with Crippen LogP contribution in [0, 0.1) is 6.92 Å². The largest absolute Gasteiger partial charge is 0.504 e. The van der Waals surface area contributed by atoms with Crippen molar-refractivity contribution in [2.45, 2.75) is 19.4 Å². The number of aryl methyl sites for hydroxylation is 1. The van der Waals surface area contributed by atoms with E-state index in [2.05, 4.69) is 0 Å². The van der Waals surface area contributed by atoms with E-state index in [1.54, 1.807) is 6.92 Å². The van der Waals surface area contributed by atoms with E-state index in [1.165, 1.54) is 13.2 Å². The van der Waals surface area contributed by atoms with Gasteiger partial charge < -0.3 is 20.7 Å². The topological polar surface area (TPSA) is 92.8 Å². The minimum atomic E-state index is -1.01. The van der Waals surface area contributed by atoms with Crippen LogP contribution in [0.5, 0.6) is 11.5 Å². The zero-order valence-corrected chi connectivity index (χ0v) is 10.3. The number of hydrogen-bond acceptors (Lipinski definition) is 4. The fourth-order valence-electron chi connectivity index (χ4n) is 1.70. The van der Waals surface area contributed by atoms with Crippen molar-refractivity contribution in [1.82, 2.24) is 0 Å². The zero-order valence-electron chi connectivity index (χ0n) is 9.53. The molecule has 0 aliphatic heterocycles. The fraction of sp³-hybridized carbons (Fsp3) is 0.364. The van der Waals surface area contributed by atoms with Crippen LogP contribution in [-0.2, 0) is 4.79 Å². The number of benzene rings is 1. The van der Waals surface area contributed by atoms with Gasteiger partial charge in [0.1, 0.15) is 0 Å². The van der Waals surface area contributed by atoms with E-state index in [0.717, 1.165) is 0 Å². The Morgan fingerprint density at radius 3 is 2.71 bits per heavy atom. The molecule has 94 valence electrons. The Labute approximate surface area is 104 Å². The van der Waals surface area contributed by atoms with Gasteiger partial charge in [-0.2, -0.15) is 0 Å². The third-order valence-electron chi connectivity index (χ3n) is 2.42. The summed E-state index contributed by atoms with van der Waals surface area (Å²) in [5, 5.41) is 18.4. The average molecular weight is 260 g/mol. The van der Waals surface area contributed by atoms with E-state index >= 15 is 0 Å². The van der Waals surface area contributed by atoms with Gasteiger partial charge in [0, 0.05) is 6.04 Å².